The average Bonchev–Trinajstić information content (AvgIpc) is 3.50. The number of rotatable bonds is 3. The van der Waals surface area contributed by atoms with Crippen molar-refractivity contribution >= 4 is 60.1 Å². The molecule has 1 saturated heterocycles. The Hall–Kier alpha value is -3.49. The largest absolute Gasteiger partial charge is 0.507 e. The first kappa shape index (κ1) is 22.9. The van der Waals surface area contributed by atoms with Gasteiger partial charge in [0.05, 0.1) is 21.8 Å². The topological polar surface area (TPSA) is 79.7 Å². The number of nitrogens with zero attached hydrogens (tertiary/aromatic N) is 2. The van der Waals surface area contributed by atoms with E-state index in [-0.39, 0.29) is 17.4 Å². The Balaban J connectivity index is 1.54. The van der Waals surface area contributed by atoms with Crippen LogP contribution in [0.15, 0.2) is 70.7 Å². The van der Waals surface area contributed by atoms with Crippen molar-refractivity contribution < 1.29 is 19.4 Å². The van der Waals surface area contributed by atoms with Crippen molar-refractivity contribution in [3.63, 3.8) is 0 Å². The molecule has 2 atom stereocenters. The van der Waals surface area contributed by atoms with Gasteiger partial charge in [0.2, 0.25) is 0 Å². The maximum absolute atomic E-state index is 13.5. The summed E-state index contributed by atoms with van der Waals surface area (Å²) in [5.41, 5.74) is 4.01. The molecule has 3 heterocycles. The molecule has 0 bridgehead atoms. The molecule has 1 fully saturated rings. The predicted octanol–water partition coefficient (Wildman–Crippen LogP) is 6.32. The Morgan fingerprint density at radius 2 is 1.97 bits per heavy atom. The molecule has 6 nitrogen and oxygen atoms in total. The van der Waals surface area contributed by atoms with Crippen LogP contribution in [0.1, 0.15) is 35.2 Å². The molecule has 2 aliphatic rings. The molecule has 0 unspecified atom stereocenters. The van der Waals surface area contributed by atoms with Crippen molar-refractivity contribution in [2.24, 2.45) is 0 Å². The number of Topliss-reactive ketones (excluding diaryl/α,β-unsaturated/α-hetero) is 1. The number of amides is 1. The molecular formula is C28H21BrN2O4S. The first-order chi connectivity index (χ1) is 17.3. The van der Waals surface area contributed by atoms with E-state index in [1.165, 1.54) is 16.2 Å². The highest BCUT2D eigenvalue weighted by Gasteiger charge is 2.48. The van der Waals surface area contributed by atoms with Gasteiger partial charge in [0.1, 0.15) is 17.6 Å². The molecule has 180 valence electrons. The summed E-state index contributed by atoms with van der Waals surface area (Å²) in [6.45, 7) is 3.98. The van der Waals surface area contributed by atoms with Crippen molar-refractivity contribution in [2.75, 3.05) is 4.90 Å². The van der Waals surface area contributed by atoms with E-state index in [9.17, 15) is 14.7 Å². The smallest absolute Gasteiger partial charge is 0.301 e. The van der Waals surface area contributed by atoms with E-state index in [4.69, 9.17) is 4.74 Å². The number of hydrogen-bond acceptors (Lipinski definition) is 6. The lowest BCUT2D eigenvalue weighted by Crippen LogP contribution is -2.29. The van der Waals surface area contributed by atoms with Gasteiger partial charge in [-0.2, -0.15) is 0 Å². The second-order valence-electron chi connectivity index (χ2n) is 9.15. The third-order valence-corrected chi connectivity index (χ3v) is 8.03. The van der Waals surface area contributed by atoms with Crippen LogP contribution >= 0.6 is 27.3 Å². The van der Waals surface area contributed by atoms with Crippen LogP contribution in [0.5, 0.6) is 5.75 Å². The average molecular weight is 561 g/mol. The number of benzene rings is 3. The molecule has 0 saturated carbocycles. The van der Waals surface area contributed by atoms with Crippen LogP contribution in [0.25, 0.3) is 16.0 Å². The van der Waals surface area contributed by atoms with E-state index < -0.39 is 17.7 Å². The summed E-state index contributed by atoms with van der Waals surface area (Å²) < 4.78 is 7.51. The van der Waals surface area contributed by atoms with Crippen LogP contribution in [0.3, 0.4) is 0 Å². The highest BCUT2D eigenvalue weighted by molar-refractivity contribution is 9.10. The van der Waals surface area contributed by atoms with Gasteiger partial charge >= 0.3 is 5.91 Å². The normalized spacial score (nSPS) is 20.7. The maximum Gasteiger partial charge on any atom is 0.301 e. The number of halogens is 1. The Bertz CT molecular complexity index is 1610. The Kier molecular flexibility index (Phi) is 5.46. The van der Waals surface area contributed by atoms with Crippen molar-refractivity contribution in [3.8, 4) is 5.75 Å². The lowest BCUT2D eigenvalue weighted by molar-refractivity contribution is -0.132. The lowest BCUT2D eigenvalue weighted by Gasteiger charge is -2.23. The zero-order valence-corrected chi connectivity index (χ0v) is 21.9. The summed E-state index contributed by atoms with van der Waals surface area (Å²) >= 11 is 4.85. The third-order valence-electron chi connectivity index (χ3n) is 6.52. The number of carbonyl (C=O) groups is 2. The van der Waals surface area contributed by atoms with Gasteiger partial charge in [0, 0.05) is 16.5 Å². The summed E-state index contributed by atoms with van der Waals surface area (Å²) in [6, 6.07) is 17.8. The van der Waals surface area contributed by atoms with Crippen molar-refractivity contribution in [2.45, 2.75) is 32.4 Å². The maximum atomic E-state index is 13.5. The minimum absolute atomic E-state index is 0.0421. The number of carbonyl (C=O) groups excluding carboxylic acids is 2. The van der Waals surface area contributed by atoms with E-state index in [1.54, 1.807) is 12.1 Å². The zero-order valence-electron chi connectivity index (χ0n) is 19.5. The fraction of sp³-hybridized carbons (Fsp3) is 0.179. The summed E-state index contributed by atoms with van der Waals surface area (Å²) in [4.78, 5) is 33.0. The zero-order chi connectivity index (χ0) is 25.1. The van der Waals surface area contributed by atoms with Gasteiger partial charge in [0.15, 0.2) is 5.13 Å². The highest BCUT2D eigenvalue weighted by Crippen LogP contribution is 2.45. The summed E-state index contributed by atoms with van der Waals surface area (Å²) in [6.07, 6.45) is 0.762. The molecular weight excluding hydrogens is 540 g/mol. The molecule has 1 amide bonds. The van der Waals surface area contributed by atoms with Crippen LogP contribution in [-0.4, -0.2) is 27.9 Å². The van der Waals surface area contributed by atoms with E-state index in [1.807, 2.05) is 62.4 Å². The summed E-state index contributed by atoms with van der Waals surface area (Å²) in [7, 11) is 0. The molecule has 0 spiro atoms. The highest BCUT2D eigenvalue weighted by atomic mass is 79.9. The quantitative estimate of drug-likeness (QED) is 0.180. The number of aryl methyl sites for hydroxylation is 1. The van der Waals surface area contributed by atoms with Gasteiger partial charge in [-0.1, -0.05) is 45.5 Å². The fourth-order valence-corrected chi connectivity index (χ4v) is 6.38. The van der Waals surface area contributed by atoms with Crippen LogP contribution in [0.4, 0.5) is 5.13 Å². The minimum atomic E-state index is -0.826. The van der Waals surface area contributed by atoms with Crippen molar-refractivity contribution in [1.82, 2.24) is 4.98 Å². The van der Waals surface area contributed by atoms with Gasteiger partial charge in [0.25, 0.3) is 5.78 Å². The fourth-order valence-electron chi connectivity index (χ4n) is 4.87. The number of thiazole rings is 1. The second kappa shape index (κ2) is 8.57. The number of aliphatic hydroxyl groups excluding tert-OH is 1. The molecule has 0 aliphatic carbocycles. The van der Waals surface area contributed by atoms with Gasteiger partial charge < -0.3 is 9.84 Å². The molecule has 6 rings (SSSR count). The molecule has 4 aromatic rings. The SMILES string of the molecule is Cc1ccc2nc(N3C(=O)C(=O)/C(=C(/O)c4ccc5c(c4)C[C@H](C)O5)[C@@H]3c3cccc(Br)c3)sc2c1. The van der Waals surface area contributed by atoms with Crippen LogP contribution < -0.4 is 9.64 Å². The van der Waals surface area contributed by atoms with E-state index in [2.05, 4.69) is 20.9 Å². The molecule has 2 aliphatic heterocycles. The predicted molar refractivity (Wildman–Crippen MR) is 144 cm³/mol. The molecule has 36 heavy (non-hydrogen) atoms. The molecule has 3 aromatic carbocycles. The first-order valence-corrected chi connectivity index (χ1v) is 13.1. The number of anilines is 1. The van der Waals surface area contributed by atoms with Crippen LogP contribution in [0.2, 0.25) is 0 Å². The number of hydrogen-bond donors (Lipinski definition) is 1. The van der Waals surface area contributed by atoms with Crippen molar-refractivity contribution in [1.29, 1.82) is 0 Å². The standard InChI is InChI=1S/C28H21BrN2O4S/c1-14-6-8-20-22(10-14)36-28(30-20)31-24(16-4-3-5-19(29)13-16)23(26(33)27(31)34)25(32)17-7-9-21-18(12-17)11-15(2)35-21/h3-10,12-13,15,24,32H,11H2,1-2H3/b25-23+/t15-,24-/m0/s1. The Labute approximate surface area is 220 Å². The number of ether oxygens (including phenoxy) is 1. The summed E-state index contributed by atoms with van der Waals surface area (Å²) in [5.74, 6) is -0.888. The first-order valence-electron chi connectivity index (χ1n) is 11.5. The van der Waals surface area contributed by atoms with Gasteiger partial charge in [-0.15, -0.1) is 0 Å². The second-order valence-corrected chi connectivity index (χ2v) is 11.1. The van der Waals surface area contributed by atoms with Crippen LogP contribution in [0, 0.1) is 6.92 Å². The van der Waals surface area contributed by atoms with Crippen molar-refractivity contribution in [3.05, 3.63) is 93.0 Å². The third kappa shape index (κ3) is 3.72. The number of aromatic nitrogens is 1. The molecule has 8 heteroatoms. The van der Waals surface area contributed by atoms with Gasteiger partial charge in [-0.3, -0.25) is 14.5 Å². The van der Waals surface area contributed by atoms with Crippen LogP contribution in [-0.2, 0) is 16.0 Å². The lowest BCUT2D eigenvalue weighted by atomic mass is 9.94. The molecule has 1 aromatic heterocycles. The Morgan fingerprint density at radius 1 is 1.14 bits per heavy atom. The number of aliphatic hydroxyl groups is 1. The molecule has 1 N–H and O–H groups in total. The van der Waals surface area contributed by atoms with E-state index in [0.29, 0.717) is 22.7 Å². The number of ketones is 1. The number of fused-ring (bicyclic) bond motifs is 2. The van der Waals surface area contributed by atoms with Gasteiger partial charge in [-0.25, -0.2) is 4.98 Å². The molecule has 0 radical (unpaired) electrons. The van der Waals surface area contributed by atoms with E-state index in [0.717, 1.165) is 31.6 Å². The van der Waals surface area contributed by atoms with E-state index >= 15 is 0 Å². The monoisotopic (exact) mass is 560 g/mol. The summed E-state index contributed by atoms with van der Waals surface area (Å²) in [5, 5.41) is 11.9. The Morgan fingerprint density at radius 3 is 2.78 bits per heavy atom. The minimum Gasteiger partial charge on any atom is -0.507 e. The van der Waals surface area contributed by atoms with Gasteiger partial charge in [-0.05, 0) is 73.0 Å².